The molecule has 0 unspecified atom stereocenters. The van der Waals surface area contributed by atoms with E-state index >= 15 is 0 Å². The zero-order valence-corrected chi connectivity index (χ0v) is 13.2. The quantitative estimate of drug-likeness (QED) is 0.769. The molecule has 0 radical (unpaired) electrons. The van der Waals surface area contributed by atoms with Crippen molar-refractivity contribution in [2.45, 2.75) is 32.6 Å². The molecule has 114 valence electrons. The molecule has 1 aromatic carbocycles. The molecule has 0 saturated carbocycles. The highest BCUT2D eigenvalue weighted by molar-refractivity contribution is 7.15. The maximum atomic E-state index is 12.6. The Bertz CT molecular complexity index is 620. The summed E-state index contributed by atoms with van der Waals surface area (Å²) >= 11 is 7.53. The summed E-state index contributed by atoms with van der Waals surface area (Å²) in [6, 6.07) is 7.69. The standard InChI is InChI=1S/C15H15ClF3NS/c1-9(2)20-8-11-4-6-14(21-11)12-5-3-10(7-13(12)16)15(17,18)19/h3-7,9,20H,8H2,1-2H3. The lowest BCUT2D eigenvalue weighted by Crippen LogP contribution is -2.21. The van der Waals surface area contributed by atoms with E-state index in [0.29, 0.717) is 11.6 Å². The van der Waals surface area contributed by atoms with Gasteiger partial charge in [-0.3, -0.25) is 0 Å². The number of thiophene rings is 1. The molecular formula is C15H15ClF3NS. The zero-order valence-electron chi connectivity index (χ0n) is 11.6. The van der Waals surface area contributed by atoms with Crippen LogP contribution in [0.3, 0.4) is 0 Å². The lowest BCUT2D eigenvalue weighted by molar-refractivity contribution is -0.137. The second-order valence-corrected chi connectivity index (χ2v) is 6.57. The molecule has 6 heteroatoms. The summed E-state index contributed by atoms with van der Waals surface area (Å²) in [5.74, 6) is 0. The molecular weight excluding hydrogens is 319 g/mol. The van der Waals surface area contributed by atoms with Crippen LogP contribution in [0.15, 0.2) is 30.3 Å². The predicted octanol–water partition coefficient (Wildman–Crippen LogP) is 5.59. The fourth-order valence-corrected chi connectivity index (χ4v) is 3.15. The van der Waals surface area contributed by atoms with Crippen molar-refractivity contribution >= 4 is 22.9 Å². The van der Waals surface area contributed by atoms with Gasteiger partial charge in [0.05, 0.1) is 5.56 Å². The third-order valence-electron chi connectivity index (χ3n) is 2.91. The van der Waals surface area contributed by atoms with Crippen LogP contribution in [-0.2, 0) is 12.7 Å². The summed E-state index contributed by atoms with van der Waals surface area (Å²) in [6.45, 7) is 4.85. The Balaban J connectivity index is 2.23. The highest BCUT2D eigenvalue weighted by Crippen LogP contribution is 2.37. The molecule has 1 nitrogen and oxygen atoms in total. The normalized spacial score (nSPS) is 12.1. The topological polar surface area (TPSA) is 12.0 Å². The minimum atomic E-state index is -4.37. The van der Waals surface area contributed by atoms with Crippen molar-refractivity contribution in [1.29, 1.82) is 0 Å². The monoisotopic (exact) mass is 333 g/mol. The maximum absolute atomic E-state index is 12.6. The average Bonchev–Trinajstić information content (AvgIpc) is 2.83. The van der Waals surface area contributed by atoms with Crippen LogP contribution in [0.5, 0.6) is 0 Å². The molecule has 0 bridgehead atoms. The van der Waals surface area contributed by atoms with Crippen LogP contribution in [0.4, 0.5) is 13.2 Å². The van der Waals surface area contributed by atoms with Crippen LogP contribution in [-0.4, -0.2) is 6.04 Å². The molecule has 0 aliphatic rings. The third kappa shape index (κ3) is 4.22. The largest absolute Gasteiger partial charge is 0.416 e. The van der Waals surface area contributed by atoms with Crippen LogP contribution >= 0.6 is 22.9 Å². The lowest BCUT2D eigenvalue weighted by Gasteiger charge is -2.09. The molecule has 1 aromatic heterocycles. The molecule has 0 spiro atoms. The van der Waals surface area contributed by atoms with E-state index in [0.717, 1.165) is 28.4 Å². The zero-order chi connectivity index (χ0) is 15.6. The van der Waals surface area contributed by atoms with Crippen molar-refractivity contribution in [1.82, 2.24) is 5.32 Å². The Morgan fingerprint density at radius 2 is 1.90 bits per heavy atom. The number of alkyl halides is 3. The first-order valence-electron chi connectivity index (χ1n) is 6.46. The number of halogens is 4. The van der Waals surface area contributed by atoms with E-state index in [2.05, 4.69) is 19.2 Å². The fraction of sp³-hybridized carbons (Fsp3) is 0.333. The van der Waals surface area contributed by atoms with Crippen molar-refractivity contribution in [2.24, 2.45) is 0 Å². The smallest absolute Gasteiger partial charge is 0.310 e. The Labute approximate surface area is 130 Å². The summed E-state index contributed by atoms with van der Waals surface area (Å²) in [5, 5.41) is 3.42. The Hall–Kier alpha value is -1.04. The van der Waals surface area contributed by atoms with Crippen LogP contribution in [0.25, 0.3) is 10.4 Å². The van der Waals surface area contributed by atoms with E-state index in [-0.39, 0.29) is 5.02 Å². The SMILES string of the molecule is CC(C)NCc1ccc(-c2ccc(C(F)(F)F)cc2Cl)s1. The molecule has 0 fully saturated rings. The highest BCUT2D eigenvalue weighted by Gasteiger charge is 2.31. The van der Waals surface area contributed by atoms with Crippen molar-refractivity contribution in [3.05, 3.63) is 45.8 Å². The van der Waals surface area contributed by atoms with Gasteiger partial charge in [-0.15, -0.1) is 11.3 Å². The second kappa shape index (κ2) is 6.38. The molecule has 1 heterocycles. The average molecular weight is 334 g/mol. The molecule has 0 aliphatic carbocycles. The Morgan fingerprint density at radius 3 is 2.48 bits per heavy atom. The van der Waals surface area contributed by atoms with E-state index in [1.54, 1.807) is 0 Å². The summed E-state index contributed by atoms with van der Waals surface area (Å²) in [4.78, 5) is 1.99. The van der Waals surface area contributed by atoms with Crippen molar-refractivity contribution in [2.75, 3.05) is 0 Å². The Kier molecular flexibility index (Phi) is 4.96. The maximum Gasteiger partial charge on any atom is 0.416 e. The molecule has 0 amide bonds. The van der Waals surface area contributed by atoms with Crippen LogP contribution in [0, 0.1) is 0 Å². The van der Waals surface area contributed by atoms with Gasteiger partial charge < -0.3 is 5.32 Å². The van der Waals surface area contributed by atoms with Crippen molar-refractivity contribution < 1.29 is 13.2 Å². The first kappa shape index (κ1) is 16.3. The van der Waals surface area contributed by atoms with E-state index in [1.165, 1.54) is 17.4 Å². The van der Waals surface area contributed by atoms with E-state index < -0.39 is 11.7 Å². The highest BCUT2D eigenvalue weighted by atomic mass is 35.5. The summed E-state index contributed by atoms with van der Waals surface area (Å²) in [7, 11) is 0. The van der Waals surface area contributed by atoms with E-state index in [1.807, 2.05) is 12.1 Å². The molecule has 0 atom stereocenters. The van der Waals surface area contributed by atoms with Gasteiger partial charge in [-0.1, -0.05) is 31.5 Å². The van der Waals surface area contributed by atoms with Gasteiger partial charge in [0.15, 0.2) is 0 Å². The number of nitrogens with one attached hydrogen (secondary N) is 1. The van der Waals surface area contributed by atoms with Gasteiger partial charge >= 0.3 is 6.18 Å². The van der Waals surface area contributed by atoms with Crippen LogP contribution in [0.1, 0.15) is 24.3 Å². The van der Waals surface area contributed by atoms with Gasteiger partial charge in [0.1, 0.15) is 0 Å². The molecule has 1 N–H and O–H groups in total. The Morgan fingerprint density at radius 1 is 1.19 bits per heavy atom. The summed E-state index contributed by atoms with van der Waals surface area (Å²) < 4.78 is 37.9. The van der Waals surface area contributed by atoms with Crippen LogP contribution in [0.2, 0.25) is 5.02 Å². The first-order chi connectivity index (χ1) is 9.77. The molecule has 0 aliphatic heterocycles. The number of hydrogen-bond acceptors (Lipinski definition) is 2. The van der Waals surface area contributed by atoms with E-state index in [9.17, 15) is 13.2 Å². The number of benzene rings is 1. The van der Waals surface area contributed by atoms with Gasteiger partial charge in [-0.2, -0.15) is 13.2 Å². The minimum absolute atomic E-state index is 0.120. The van der Waals surface area contributed by atoms with E-state index in [4.69, 9.17) is 11.6 Å². The van der Waals surface area contributed by atoms with Crippen molar-refractivity contribution in [3.8, 4) is 10.4 Å². The van der Waals surface area contributed by atoms with Gasteiger partial charge in [-0.25, -0.2) is 0 Å². The second-order valence-electron chi connectivity index (χ2n) is 4.99. The molecule has 2 rings (SSSR count). The fourth-order valence-electron chi connectivity index (χ4n) is 1.81. The molecule has 2 aromatic rings. The predicted molar refractivity (Wildman–Crippen MR) is 81.7 cm³/mol. The lowest BCUT2D eigenvalue weighted by atomic mass is 10.1. The third-order valence-corrected chi connectivity index (χ3v) is 4.34. The molecule has 21 heavy (non-hydrogen) atoms. The number of hydrogen-bond donors (Lipinski definition) is 1. The van der Waals surface area contributed by atoms with Gasteiger partial charge in [0, 0.05) is 32.9 Å². The summed E-state index contributed by atoms with van der Waals surface area (Å²) in [6.07, 6.45) is -4.37. The number of rotatable bonds is 4. The van der Waals surface area contributed by atoms with Crippen molar-refractivity contribution in [3.63, 3.8) is 0 Å². The summed E-state index contributed by atoms with van der Waals surface area (Å²) in [5.41, 5.74) is -0.0973. The van der Waals surface area contributed by atoms with Gasteiger partial charge in [0.25, 0.3) is 0 Å². The van der Waals surface area contributed by atoms with Gasteiger partial charge in [-0.05, 0) is 24.3 Å². The van der Waals surface area contributed by atoms with Crippen LogP contribution < -0.4 is 5.32 Å². The minimum Gasteiger partial charge on any atom is -0.310 e. The van der Waals surface area contributed by atoms with Gasteiger partial charge in [0.2, 0.25) is 0 Å². The first-order valence-corrected chi connectivity index (χ1v) is 7.66. The molecule has 0 saturated heterocycles.